The van der Waals surface area contributed by atoms with Gasteiger partial charge in [-0.2, -0.15) is 13.2 Å². The summed E-state index contributed by atoms with van der Waals surface area (Å²) >= 11 is 0. The molecule has 94 valence electrons. The van der Waals surface area contributed by atoms with Gasteiger partial charge in [-0.25, -0.2) is 9.18 Å². The number of halogens is 4. The normalized spacial score (nSPS) is 11.1. The Balaban J connectivity index is 2.80. The number of benzene rings is 1. The molecule has 1 aromatic rings. The van der Waals surface area contributed by atoms with E-state index < -0.39 is 23.6 Å². The van der Waals surface area contributed by atoms with Crippen LogP contribution in [0.2, 0.25) is 0 Å². The van der Waals surface area contributed by atoms with Crippen molar-refractivity contribution in [1.82, 2.24) is 10.6 Å². The molecular weight excluding hydrogens is 240 g/mol. The lowest BCUT2D eigenvalue weighted by Crippen LogP contribution is -2.32. The molecule has 7 heteroatoms. The van der Waals surface area contributed by atoms with Gasteiger partial charge in [0.25, 0.3) is 0 Å². The Labute approximate surface area is 94.8 Å². The van der Waals surface area contributed by atoms with Gasteiger partial charge >= 0.3 is 12.2 Å². The van der Waals surface area contributed by atoms with Crippen LogP contribution in [0.3, 0.4) is 0 Å². The maximum Gasteiger partial charge on any atom is 0.416 e. The van der Waals surface area contributed by atoms with Crippen LogP contribution in [0.25, 0.3) is 0 Å². The number of nitrogens with one attached hydrogen (secondary N) is 2. The summed E-state index contributed by atoms with van der Waals surface area (Å²) in [7, 11) is 1.37. The number of carbonyl (C=O) groups is 1. The molecule has 0 saturated heterocycles. The number of carbonyl (C=O) groups excluding carboxylic acids is 1. The largest absolute Gasteiger partial charge is 0.416 e. The average molecular weight is 250 g/mol. The standard InChI is InChI=1S/C10H10F4N2O/c1-15-9(17)16-5-6-2-3-7(4-8(6)11)10(12,13)14/h2-4H,5H2,1H3,(H2,15,16,17). The van der Waals surface area contributed by atoms with E-state index in [1.807, 2.05) is 0 Å². The van der Waals surface area contributed by atoms with Crippen LogP contribution < -0.4 is 10.6 Å². The number of amides is 2. The summed E-state index contributed by atoms with van der Waals surface area (Å²) in [6, 6.07) is 1.63. The lowest BCUT2D eigenvalue weighted by Gasteiger charge is -2.09. The minimum atomic E-state index is -4.58. The zero-order chi connectivity index (χ0) is 13.1. The Kier molecular flexibility index (Phi) is 3.93. The Hall–Kier alpha value is -1.79. The molecule has 0 spiro atoms. The Morgan fingerprint density at radius 2 is 2.00 bits per heavy atom. The molecule has 17 heavy (non-hydrogen) atoms. The Morgan fingerprint density at radius 1 is 1.35 bits per heavy atom. The van der Waals surface area contributed by atoms with Crippen LogP contribution in [0.4, 0.5) is 22.4 Å². The summed E-state index contributed by atoms with van der Waals surface area (Å²) in [6.45, 7) is -0.177. The van der Waals surface area contributed by atoms with Gasteiger partial charge in [-0.1, -0.05) is 6.07 Å². The van der Waals surface area contributed by atoms with E-state index in [0.29, 0.717) is 6.07 Å². The zero-order valence-corrected chi connectivity index (χ0v) is 8.86. The first-order valence-electron chi connectivity index (χ1n) is 4.66. The number of hydrogen-bond donors (Lipinski definition) is 2. The van der Waals surface area contributed by atoms with Gasteiger partial charge in [0, 0.05) is 19.2 Å². The highest BCUT2D eigenvalue weighted by molar-refractivity contribution is 5.73. The van der Waals surface area contributed by atoms with Crippen molar-refractivity contribution in [3.8, 4) is 0 Å². The van der Waals surface area contributed by atoms with Crippen molar-refractivity contribution in [2.75, 3.05) is 7.05 Å². The molecule has 0 heterocycles. The van der Waals surface area contributed by atoms with Gasteiger partial charge in [-0.05, 0) is 12.1 Å². The predicted octanol–water partition coefficient (Wildman–Crippen LogP) is 2.27. The molecule has 0 aliphatic heterocycles. The lowest BCUT2D eigenvalue weighted by molar-refractivity contribution is -0.137. The average Bonchev–Trinajstić information content (AvgIpc) is 2.25. The summed E-state index contributed by atoms with van der Waals surface area (Å²) in [5, 5.41) is 4.51. The van der Waals surface area contributed by atoms with Crippen molar-refractivity contribution >= 4 is 6.03 Å². The molecule has 1 rings (SSSR count). The van der Waals surface area contributed by atoms with Crippen molar-refractivity contribution in [2.24, 2.45) is 0 Å². The third-order valence-electron chi connectivity index (χ3n) is 2.05. The van der Waals surface area contributed by atoms with Crippen LogP contribution in [0.1, 0.15) is 11.1 Å². The molecule has 0 aliphatic carbocycles. The SMILES string of the molecule is CNC(=O)NCc1ccc(C(F)(F)F)cc1F. The fraction of sp³-hybridized carbons (Fsp3) is 0.300. The van der Waals surface area contributed by atoms with Gasteiger partial charge in [-0.15, -0.1) is 0 Å². The quantitative estimate of drug-likeness (QED) is 0.777. The molecule has 2 N–H and O–H groups in total. The second kappa shape index (κ2) is 5.03. The smallest absolute Gasteiger partial charge is 0.341 e. The van der Waals surface area contributed by atoms with E-state index in [2.05, 4.69) is 10.6 Å². The molecule has 0 unspecified atom stereocenters. The Bertz CT molecular complexity index is 417. The third kappa shape index (κ3) is 3.61. The molecule has 0 radical (unpaired) electrons. The van der Waals surface area contributed by atoms with Gasteiger partial charge in [0.05, 0.1) is 5.56 Å². The van der Waals surface area contributed by atoms with Crippen LogP contribution >= 0.6 is 0 Å². The van der Waals surface area contributed by atoms with E-state index in [0.717, 1.165) is 12.1 Å². The van der Waals surface area contributed by atoms with Crippen molar-refractivity contribution in [2.45, 2.75) is 12.7 Å². The van der Waals surface area contributed by atoms with Crippen LogP contribution in [0.5, 0.6) is 0 Å². The first kappa shape index (κ1) is 13.3. The van der Waals surface area contributed by atoms with Gasteiger partial charge in [0.2, 0.25) is 0 Å². The van der Waals surface area contributed by atoms with E-state index in [4.69, 9.17) is 0 Å². The zero-order valence-electron chi connectivity index (χ0n) is 8.86. The minimum Gasteiger partial charge on any atom is -0.341 e. The molecule has 2 amide bonds. The summed E-state index contributed by atoms with van der Waals surface area (Å²) in [4.78, 5) is 10.8. The number of alkyl halides is 3. The fourth-order valence-corrected chi connectivity index (χ4v) is 1.13. The maximum atomic E-state index is 13.3. The molecule has 0 saturated carbocycles. The summed E-state index contributed by atoms with van der Waals surface area (Å²) < 4.78 is 49.9. The molecular formula is C10H10F4N2O. The van der Waals surface area contributed by atoms with Crippen molar-refractivity contribution < 1.29 is 22.4 Å². The van der Waals surface area contributed by atoms with Gasteiger partial charge in [0.1, 0.15) is 5.82 Å². The van der Waals surface area contributed by atoms with Crippen LogP contribution in [-0.2, 0) is 12.7 Å². The van der Waals surface area contributed by atoms with E-state index in [1.165, 1.54) is 7.05 Å². The second-order valence-electron chi connectivity index (χ2n) is 3.24. The van der Waals surface area contributed by atoms with Crippen LogP contribution in [0.15, 0.2) is 18.2 Å². The number of urea groups is 1. The highest BCUT2D eigenvalue weighted by Crippen LogP contribution is 2.30. The Morgan fingerprint density at radius 3 is 2.47 bits per heavy atom. The fourth-order valence-electron chi connectivity index (χ4n) is 1.13. The predicted molar refractivity (Wildman–Crippen MR) is 52.7 cm³/mol. The topological polar surface area (TPSA) is 41.1 Å². The van der Waals surface area contributed by atoms with Gasteiger partial charge in [-0.3, -0.25) is 0 Å². The highest BCUT2D eigenvalue weighted by Gasteiger charge is 2.31. The van der Waals surface area contributed by atoms with E-state index in [-0.39, 0.29) is 12.1 Å². The van der Waals surface area contributed by atoms with E-state index >= 15 is 0 Å². The first-order valence-corrected chi connectivity index (χ1v) is 4.66. The molecule has 0 aliphatic rings. The van der Waals surface area contributed by atoms with E-state index in [1.54, 1.807) is 0 Å². The lowest BCUT2D eigenvalue weighted by atomic mass is 10.1. The third-order valence-corrected chi connectivity index (χ3v) is 2.05. The van der Waals surface area contributed by atoms with Gasteiger partial charge in [0.15, 0.2) is 0 Å². The molecule has 0 fully saturated rings. The number of rotatable bonds is 2. The molecule has 0 atom stereocenters. The van der Waals surface area contributed by atoms with Crippen molar-refractivity contribution in [3.05, 3.63) is 35.1 Å². The van der Waals surface area contributed by atoms with Crippen molar-refractivity contribution in [3.63, 3.8) is 0 Å². The molecule has 0 aromatic heterocycles. The summed E-state index contributed by atoms with van der Waals surface area (Å²) in [6.07, 6.45) is -4.58. The van der Waals surface area contributed by atoms with Crippen LogP contribution in [-0.4, -0.2) is 13.1 Å². The van der Waals surface area contributed by atoms with Crippen LogP contribution in [0, 0.1) is 5.82 Å². The number of hydrogen-bond acceptors (Lipinski definition) is 1. The van der Waals surface area contributed by atoms with Crippen molar-refractivity contribution in [1.29, 1.82) is 0 Å². The van der Waals surface area contributed by atoms with E-state index in [9.17, 15) is 22.4 Å². The summed E-state index contributed by atoms with van der Waals surface area (Å²) in [5.41, 5.74) is -1.07. The highest BCUT2D eigenvalue weighted by atomic mass is 19.4. The molecule has 0 bridgehead atoms. The second-order valence-corrected chi connectivity index (χ2v) is 3.24. The molecule has 3 nitrogen and oxygen atoms in total. The summed E-state index contributed by atoms with van der Waals surface area (Å²) in [5.74, 6) is -1.00. The minimum absolute atomic E-state index is 0.0124. The van der Waals surface area contributed by atoms with Gasteiger partial charge < -0.3 is 10.6 Å². The molecule has 1 aromatic carbocycles. The first-order chi connectivity index (χ1) is 7.84. The maximum absolute atomic E-state index is 13.3. The monoisotopic (exact) mass is 250 g/mol.